The molecule has 5 rings (SSSR count). The van der Waals surface area contributed by atoms with Gasteiger partial charge in [0.2, 0.25) is 0 Å². The first-order chi connectivity index (χ1) is 17.1. The maximum atomic E-state index is 11.0. The number of hydrogen-bond acceptors (Lipinski definition) is 5. The fourth-order valence-corrected chi connectivity index (χ4v) is 5.18. The minimum atomic E-state index is -0.647. The number of aromatic amines is 1. The van der Waals surface area contributed by atoms with E-state index in [4.69, 9.17) is 14.2 Å². The summed E-state index contributed by atoms with van der Waals surface area (Å²) in [5.74, 6) is 2.14. The molecule has 3 atom stereocenters. The Bertz CT molecular complexity index is 1290. The van der Waals surface area contributed by atoms with E-state index >= 15 is 0 Å². The van der Waals surface area contributed by atoms with Crippen molar-refractivity contribution in [3.8, 4) is 17.2 Å². The second-order valence-corrected chi connectivity index (χ2v) is 9.11. The van der Waals surface area contributed by atoms with Gasteiger partial charge >= 0.3 is 0 Å². The number of ether oxygens (including phenoxy) is 3. The molecular formula is C29H33ClN2O4. The van der Waals surface area contributed by atoms with Gasteiger partial charge < -0.3 is 24.3 Å². The van der Waals surface area contributed by atoms with Crippen LogP contribution in [-0.2, 0) is 6.42 Å². The Morgan fingerprint density at radius 1 is 0.972 bits per heavy atom. The molecule has 4 aromatic rings. The van der Waals surface area contributed by atoms with Gasteiger partial charge in [-0.3, -0.25) is 4.90 Å². The maximum absolute atomic E-state index is 11.0. The SMILES string of the molecule is COc1ccc(C2c3[nH]c4ccccc4c3CC(C)N2CC(O)COc2ccccc2)cc1OC.Cl. The largest absolute Gasteiger partial charge is 0.493 e. The Labute approximate surface area is 218 Å². The summed E-state index contributed by atoms with van der Waals surface area (Å²) in [6.07, 6.45) is 0.251. The molecule has 3 unspecified atom stereocenters. The number of β-amino-alcohol motifs (C(OH)–C–C–N with tert-alkyl or cyclic N) is 1. The molecule has 2 N–H and O–H groups in total. The Balaban J connectivity index is 0.00000304. The van der Waals surface area contributed by atoms with Gasteiger partial charge in [0.1, 0.15) is 18.5 Å². The summed E-state index contributed by atoms with van der Waals surface area (Å²) in [5, 5.41) is 12.3. The third-order valence-electron chi connectivity index (χ3n) is 6.85. The van der Waals surface area contributed by atoms with Crippen molar-refractivity contribution in [2.24, 2.45) is 0 Å². The zero-order chi connectivity index (χ0) is 24.4. The van der Waals surface area contributed by atoms with E-state index in [0.29, 0.717) is 18.0 Å². The number of para-hydroxylation sites is 2. The summed E-state index contributed by atoms with van der Waals surface area (Å²) in [5.41, 5.74) is 4.70. The Kier molecular flexibility index (Phi) is 8.09. The van der Waals surface area contributed by atoms with Crippen molar-refractivity contribution < 1.29 is 19.3 Å². The predicted molar refractivity (Wildman–Crippen MR) is 145 cm³/mol. The number of hydrogen-bond donors (Lipinski definition) is 2. The first-order valence-electron chi connectivity index (χ1n) is 12.0. The van der Waals surface area contributed by atoms with E-state index < -0.39 is 6.10 Å². The van der Waals surface area contributed by atoms with Gasteiger partial charge in [0, 0.05) is 29.2 Å². The molecular weight excluding hydrogens is 476 g/mol. The first kappa shape index (κ1) is 25.9. The van der Waals surface area contributed by atoms with Crippen LogP contribution < -0.4 is 14.2 Å². The van der Waals surface area contributed by atoms with Gasteiger partial charge in [-0.05, 0) is 54.8 Å². The minimum absolute atomic E-state index is 0. The summed E-state index contributed by atoms with van der Waals surface area (Å²) >= 11 is 0. The van der Waals surface area contributed by atoms with E-state index in [-0.39, 0.29) is 31.1 Å². The summed E-state index contributed by atoms with van der Waals surface area (Å²) in [6, 6.07) is 24.3. The molecule has 0 fully saturated rings. The van der Waals surface area contributed by atoms with Crippen molar-refractivity contribution >= 4 is 23.3 Å². The van der Waals surface area contributed by atoms with Crippen molar-refractivity contribution in [3.63, 3.8) is 0 Å². The Morgan fingerprint density at radius 3 is 2.44 bits per heavy atom. The topological polar surface area (TPSA) is 67.0 Å². The van der Waals surface area contributed by atoms with Crippen LogP contribution in [0.25, 0.3) is 10.9 Å². The van der Waals surface area contributed by atoms with E-state index in [1.807, 2.05) is 42.5 Å². The van der Waals surface area contributed by atoms with Crippen LogP contribution in [0.5, 0.6) is 17.2 Å². The second kappa shape index (κ2) is 11.2. The van der Waals surface area contributed by atoms with Crippen LogP contribution in [-0.4, -0.2) is 54.5 Å². The molecule has 3 aromatic carbocycles. The van der Waals surface area contributed by atoms with Gasteiger partial charge in [0.05, 0.1) is 20.3 Å². The number of halogens is 1. The van der Waals surface area contributed by atoms with Gasteiger partial charge in [-0.1, -0.05) is 42.5 Å². The number of nitrogens with zero attached hydrogens (tertiary/aromatic N) is 1. The van der Waals surface area contributed by atoms with E-state index in [9.17, 15) is 5.11 Å². The van der Waals surface area contributed by atoms with Crippen molar-refractivity contribution in [1.29, 1.82) is 0 Å². The summed E-state index contributed by atoms with van der Waals surface area (Å²) in [7, 11) is 3.30. The van der Waals surface area contributed by atoms with Crippen molar-refractivity contribution in [1.82, 2.24) is 9.88 Å². The summed E-state index contributed by atoms with van der Waals surface area (Å²) in [4.78, 5) is 6.04. The molecule has 7 heteroatoms. The van der Waals surface area contributed by atoms with E-state index in [0.717, 1.165) is 28.9 Å². The lowest BCUT2D eigenvalue weighted by Gasteiger charge is -2.42. The molecule has 0 radical (unpaired) electrons. The number of fused-ring (bicyclic) bond motifs is 3. The minimum Gasteiger partial charge on any atom is -0.493 e. The smallest absolute Gasteiger partial charge is 0.161 e. The predicted octanol–water partition coefficient (Wildman–Crippen LogP) is 5.38. The number of H-pyrrole nitrogens is 1. The van der Waals surface area contributed by atoms with Crippen molar-refractivity contribution in [3.05, 3.63) is 89.6 Å². The monoisotopic (exact) mass is 508 g/mol. The van der Waals surface area contributed by atoms with Crippen molar-refractivity contribution in [2.75, 3.05) is 27.4 Å². The zero-order valence-corrected chi connectivity index (χ0v) is 21.6. The zero-order valence-electron chi connectivity index (χ0n) is 20.8. The standard InChI is InChI=1S/C29H32N2O4.ClH/c1-19-15-24-23-11-7-8-12-25(23)30-28(24)29(20-13-14-26(33-2)27(16-20)34-3)31(19)17-21(32)18-35-22-9-5-4-6-10-22;/h4-14,16,19,21,29-30,32H,15,17-18H2,1-3H3;1H. The Hall–Kier alpha value is -3.19. The number of aromatic nitrogens is 1. The van der Waals surface area contributed by atoms with E-state index in [2.05, 4.69) is 47.1 Å². The molecule has 190 valence electrons. The van der Waals surface area contributed by atoms with Crippen LogP contribution in [0.4, 0.5) is 0 Å². The van der Waals surface area contributed by atoms with E-state index in [1.165, 1.54) is 10.9 Å². The normalized spacial score (nSPS) is 18.2. The average Bonchev–Trinajstić information content (AvgIpc) is 3.26. The molecule has 0 spiro atoms. The average molecular weight is 509 g/mol. The van der Waals surface area contributed by atoms with Crippen LogP contribution >= 0.6 is 12.4 Å². The van der Waals surface area contributed by atoms with Crippen LogP contribution in [0.2, 0.25) is 0 Å². The number of aliphatic hydroxyl groups excluding tert-OH is 1. The number of nitrogens with one attached hydrogen (secondary N) is 1. The molecule has 0 aliphatic carbocycles. The summed E-state index contributed by atoms with van der Waals surface area (Å²) < 4.78 is 17.0. The van der Waals surface area contributed by atoms with Crippen LogP contribution in [0, 0.1) is 0 Å². The van der Waals surface area contributed by atoms with Crippen LogP contribution in [0.3, 0.4) is 0 Å². The van der Waals surface area contributed by atoms with E-state index in [1.54, 1.807) is 14.2 Å². The fraction of sp³-hybridized carbons (Fsp3) is 0.310. The third kappa shape index (κ3) is 5.03. The molecule has 6 nitrogen and oxygen atoms in total. The van der Waals surface area contributed by atoms with Gasteiger partial charge in [-0.25, -0.2) is 0 Å². The second-order valence-electron chi connectivity index (χ2n) is 9.11. The number of rotatable bonds is 8. The van der Waals surface area contributed by atoms with Gasteiger partial charge in [0.15, 0.2) is 11.5 Å². The molecule has 0 bridgehead atoms. The molecule has 36 heavy (non-hydrogen) atoms. The third-order valence-corrected chi connectivity index (χ3v) is 6.85. The number of aliphatic hydroxyl groups is 1. The number of benzene rings is 3. The lowest BCUT2D eigenvalue weighted by atomic mass is 9.88. The highest BCUT2D eigenvalue weighted by Crippen LogP contribution is 2.42. The molecule has 1 aliphatic rings. The van der Waals surface area contributed by atoms with Gasteiger partial charge in [-0.2, -0.15) is 0 Å². The van der Waals surface area contributed by atoms with Gasteiger partial charge in [0.25, 0.3) is 0 Å². The van der Waals surface area contributed by atoms with Crippen molar-refractivity contribution in [2.45, 2.75) is 31.5 Å². The molecule has 0 amide bonds. The van der Waals surface area contributed by atoms with Gasteiger partial charge in [-0.15, -0.1) is 12.4 Å². The molecule has 1 aromatic heterocycles. The molecule has 1 aliphatic heterocycles. The molecule has 0 saturated heterocycles. The molecule has 2 heterocycles. The van der Waals surface area contributed by atoms with Crippen LogP contribution in [0.15, 0.2) is 72.8 Å². The lowest BCUT2D eigenvalue weighted by Crippen LogP contribution is -2.47. The maximum Gasteiger partial charge on any atom is 0.161 e. The quantitative estimate of drug-likeness (QED) is 0.334. The Morgan fingerprint density at radius 2 is 1.69 bits per heavy atom. The van der Waals surface area contributed by atoms with Crippen LogP contribution in [0.1, 0.15) is 29.8 Å². The highest BCUT2D eigenvalue weighted by Gasteiger charge is 2.37. The number of methoxy groups -OCH3 is 2. The fourth-order valence-electron chi connectivity index (χ4n) is 5.18. The molecule has 0 saturated carbocycles. The highest BCUT2D eigenvalue weighted by molar-refractivity contribution is 5.86. The first-order valence-corrected chi connectivity index (χ1v) is 12.0. The lowest BCUT2D eigenvalue weighted by molar-refractivity contribution is 0.0364. The highest BCUT2D eigenvalue weighted by atomic mass is 35.5. The summed E-state index contributed by atoms with van der Waals surface area (Å²) in [6.45, 7) is 2.93.